The summed E-state index contributed by atoms with van der Waals surface area (Å²) in [7, 11) is 0. The second kappa shape index (κ2) is 15.2. The maximum atomic E-state index is 11.6. The highest BCUT2D eigenvalue weighted by Crippen LogP contribution is 2.44. The maximum Gasteiger partial charge on any atom is 0.119 e. The molecule has 0 aliphatic heterocycles. The molecule has 3 saturated carbocycles. The molecule has 1 aromatic rings. The SMILES string of the molecule is CCC1(OC(C)(C)Cc2ccc(O)c(CC(C)(C)OC3(CC)CCCCC3)c2CC(C)(C)OC2(CC)CCCCC2)CCCCC1. The second-order valence-electron chi connectivity index (χ2n) is 17.6. The van der Waals surface area contributed by atoms with E-state index in [4.69, 9.17) is 14.2 Å². The van der Waals surface area contributed by atoms with Crippen molar-refractivity contribution in [2.24, 2.45) is 0 Å². The topological polar surface area (TPSA) is 47.9 Å². The normalized spacial score (nSPS) is 22.1. The standard InChI is InChI=1S/C42H72O4/c1-10-40(24-16-13-17-25-40)44-37(4,5)30-33-22-23-36(43)35(32-39(8,9)46-42(12-3)28-20-15-21-29-42)34(33)31-38(6,7)45-41(11-2)26-18-14-19-27-41/h22-23,43H,10-21,24-32H2,1-9H3. The zero-order valence-electron chi connectivity index (χ0n) is 31.7. The molecule has 0 unspecified atom stereocenters. The molecule has 3 aliphatic rings. The Morgan fingerprint density at radius 3 is 1.17 bits per heavy atom. The average molecular weight is 641 g/mol. The van der Waals surface area contributed by atoms with Crippen LogP contribution in [0.2, 0.25) is 0 Å². The first-order chi connectivity index (χ1) is 21.6. The van der Waals surface area contributed by atoms with Crippen molar-refractivity contribution in [3.8, 4) is 5.75 Å². The third kappa shape index (κ3) is 9.75. The lowest BCUT2D eigenvalue weighted by atomic mass is 9.79. The van der Waals surface area contributed by atoms with Crippen molar-refractivity contribution in [2.45, 2.75) is 231 Å². The molecule has 0 atom stereocenters. The molecule has 0 amide bonds. The van der Waals surface area contributed by atoms with Crippen molar-refractivity contribution >= 4 is 0 Å². The van der Waals surface area contributed by atoms with Gasteiger partial charge < -0.3 is 19.3 Å². The summed E-state index contributed by atoms with van der Waals surface area (Å²) in [5, 5.41) is 11.6. The van der Waals surface area contributed by atoms with Gasteiger partial charge in [0.15, 0.2) is 0 Å². The Kier molecular flexibility index (Phi) is 12.5. The smallest absolute Gasteiger partial charge is 0.119 e. The molecular weight excluding hydrogens is 568 g/mol. The summed E-state index contributed by atoms with van der Waals surface area (Å²) in [5.74, 6) is 0.388. The van der Waals surface area contributed by atoms with Crippen molar-refractivity contribution < 1.29 is 19.3 Å². The first-order valence-electron chi connectivity index (χ1n) is 19.5. The van der Waals surface area contributed by atoms with Crippen molar-refractivity contribution in [1.82, 2.24) is 0 Å². The van der Waals surface area contributed by atoms with E-state index in [-0.39, 0.29) is 28.0 Å². The highest BCUT2D eigenvalue weighted by Gasteiger charge is 2.42. The van der Waals surface area contributed by atoms with Crippen LogP contribution in [-0.2, 0) is 33.5 Å². The summed E-state index contributed by atoms with van der Waals surface area (Å²) in [6, 6.07) is 4.11. The summed E-state index contributed by atoms with van der Waals surface area (Å²) in [6.45, 7) is 20.5. The Labute approximate surface area is 284 Å². The molecule has 4 rings (SSSR count). The monoisotopic (exact) mass is 641 g/mol. The van der Waals surface area contributed by atoms with E-state index in [2.05, 4.69) is 68.4 Å². The van der Waals surface area contributed by atoms with Gasteiger partial charge in [-0.05, 0) is 117 Å². The van der Waals surface area contributed by atoms with Gasteiger partial charge in [-0.3, -0.25) is 0 Å². The predicted molar refractivity (Wildman–Crippen MR) is 193 cm³/mol. The Bertz CT molecular complexity index is 1100. The summed E-state index contributed by atoms with van der Waals surface area (Å²) < 4.78 is 21.5. The summed E-state index contributed by atoms with van der Waals surface area (Å²) in [4.78, 5) is 0. The number of ether oxygens (including phenoxy) is 3. The molecule has 1 N–H and O–H groups in total. The molecule has 1 aromatic carbocycles. The highest BCUT2D eigenvalue weighted by atomic mass is 16.5. The highest BCUT2D eigenvalue weighted by molar-refractivity contribution is 5.46. The zero-order valence-corrected chi connectivity index (χ0v) is 31.7. The molecule has 3 aliphatic carbocycles. The molecule has 46 heavy (non-hydrogen) atoms. The van der Waals surface area contributed by atoms with Gasteiger partial charge in [0.1, 0.15) is 5.75 Å². The molecule has 4 heteroatoms. The van der Waals surface area contributed by atoms with Crippen LogP contribution in [0, 0.1) is 0 Å². The number of rotatable bonds is 15. The Morgan fingerprint density at radius 2 is 0.826 bits per heavy atom. The van der Waals surface area contributed by atoms with Gasteiger partial charge in [0, 0.05) is 24.8 Å². The van der Waals surface area contributed by atoms with Gasteiger partial charge >= 0.3 is 0 Å². The van der Waals surface area contributed by atoms with Crippen LogP contribution in [0.25, 0.3) is 0 Å². The van der Waals surface area contributed by atoms with Crippen molar-refractivity contribution in [3.63, 3.8) is 0 Å². The molecular formula is C42H72O4. The summed E-state index contributed by atoms with van der Waals surface area (Å²) in [6.07, 6.45) is 23.8. The molecule has 0 bridgehead atoms. The molecule has 0 aromatic heterocycles. The maximum absolute atomic E-state index is 11.6. The van der Waals surface area contributed by atoms with Gasteiger partial charge in [0.2, 0.25) is 0 Å². The fourth-order valence-corrected chi connectivity index (χ4v) is 9.66. The van der Waals surface area contributed by atoms with Crippen LogP contribution in [0.3, 0.4) is 0 Å². The summed E-state index contributed by atoms with van der Waals surface area (Å²) >= 11 is 0. The number of phenolic OH excluding ortho intramolecular Hbond substituents is 1. The number of benzene rings is 1. The van der Waals surface area contributed by atoms with E-state index in [1.54, 1.807) is 0 Å². The number of aromatic hydroxyl groups is 1. The van der Waals surface area contributed by atoms with E-state index < -0.39 is 5.60 Å². The van der Waals surface area contributed by atoms with E-state index in [9.17, 15) is 5.11 Å². The number of hydrogen-bond acceptors (Lipinski definition) is 4. The Balaban J connectivity index is 1.69. The fraction of sp³-hybridized carbons (Fsp3) is 0.857. The van der Waals surface area contributed by atoms with Crippen molar-refractivity contribution in [3.05, 3.63) is 28.8 Å². The van der Waals surface area contributed by atoms with Gasteiger partial charge in [0.25, 0.3) is 0 Å². The largest absolute Gasteiger partial charge is 0.508 e. The average Bonchev–Trinajstić information content (AvgIpc) is 3.00. The molecule has 0 spiro atoms. The van der Waals surface area contributed by atoms with Crippen molar-refractivity contribution in [1.29, 1.82) is 0 Å². The van der Waals surface area contributed by atoms with Crippen LogP contribution in [0.15, 0.2) is 12.1 Å². The number of hydrogen-bond donors (Lipinski definition) is 1. The first-order valence-corrected chi connectivity index (χ1v) is 19.5. The Hall–Kier alpha value is -1.10. The lowest BCUT2D eigenvalue weighted by Crippen LogP contribution is -2.45. The molecule has 0 heterocycles. The third-order valence-electron chi connectivity index (χ3n) is 12.0. The minimum atomic E-state index is -0.405. The first kappa shape index (κ1) is 37.7. The fourth-order valence-electron chi connectivity index (χ4n) is 9.66. The molecule has 0 saturated heterocycles. The van der Waals surface area contributed by atoms with E-state index in [0.29, 0.717) is 12.2 Å². The van der Waals surface area contributed by atoms with Gasteiger partial charge in [-0.15, -0.1) is 0 Å². The van der Waals surface area contributed by atoms with Crippen LogP contribution in [0.5, 0.6) is 5.75 Å². The quantitative estimate of drug-likeness (QED) is 0.207. The van der Waals surface area contributed by atoms with Gasteiger partial charge in [-0.2, -0.15) is 0 Å². The van der Waals surface area contributed by atoms with Crippen LogP contribution in [0.4, 0.5) is 0 Å². The lowest BCUT2D eigenvalue weighted by Gasteiger charge is -2.45. The Morgan fingerprint density at radius 1 is 0.500 bits per heavy atom. The minimum Gasteiger partial charge on any atom is -0.508 e. The van der Waals surface area contributed by atoms with Crippen LogP contribution >= 0.6 is 0 Å². The molecule has 0 radical (unpaired) electrons. The zero-order chi connectivity index (χ0) is 33.7. The predicted octanol–water partition coefficient (Wildman–Crippen LogP) is 11.7. The third-order valence-corrected chi connectivity index (χ3v) is 12.0. The summed E-state index contributed by atoms with van der Waals surface area (Å²) in [5.41, 5.74) is 2.32. The molecule has 4 nitrogen and oxygen atoms in total. The van der Waals surface area contributed by atoms with Gasteiger partial charge in [-0.25, -0.2) is 0 Å². The van der Waals surface area contributed by atoms with Crippen LogP contribution in [-0.4, -0.2) is 38.7 Å². The second-order valence-corrected chi connectivity index (χ2v) is 17.6. The molecule has 264 valence electrons. The van der Waals surface area contributed by atoms with Crippen LogP contribution in [0.1, 0.15) is 195 Å². The van der Waals surface area contributed by atoms with Gasteiger partial charge in [-0.1, -0.05) is 84.6 Å². The van der Waals surface area contributed by atoms with E-state index in [1.165, 1.54) is 68.9 Å². The lowest BCUT2D eigenvalue weighted by molar-refractivity contribution is -0.161. The minimum absolute atomic E-state index is 0.0250. The molecule has 3 fully saturated rings. The van der Waals surface area contributed by atoms with E-state index in [1.807, 2.05) is 6.07 Å². The van der Waals surface area contributed by atoms with Crippen molar-refractivity contribution in [2.75, 3.05) is 0 Å². The van der Waals surface area contributed by atoms with Gasteiger partial charge in [0.05, 0.1) is 33.6 Å². The van der Waals surface area contributed by atoms with E-state index in [0.717, 1.165) is 76.2 Å². The van der Waals surface area contributed by atoms with E-state index >= 15 is 0 Å². The van der Waals surface area contributed by atoms with Crippen LogP contribution < -0.4 is 0 Å². The number of phenols is 1.